The van der Waals surface area contributed by atoms with Gasteiger partial charge in [-0.3, -0.25) is 9.69 Å². The van der Waals surface area contributed by atoms with E-state index < -0.39 is 5.41 Å². The number of nitrogen functional groups attached to an aromatic ring is 1. The maximum atomic E-state index is 13.6. The van der Waals surface area contributed by atoms with E-state index in [0.717, 1.165) is 85.9 Å². The zero-order valence-electron chi connectivity index (χ0n) is 28.5. The largest absolute Gasteiger partial charge is 0.473 e. The fourth-order valence-electron chi connectivity index (χ4n) is 9.24. The molecule has 0 radical (unpaired) electrons. The summed E-state index contributed by atoms with van der Waals surface area (Å²) >= 11 is 0. The Balaban J connectivity index is 1.13. The van der Waals surface area contributed by atoms with Crippen LogP contribution in [0.25, 0.3) is 17.3 Å². The number of ether oxygens (including phenoxy) is 2. The molecule has 3 aliphatic heterocycles. The van der Waals surface area contributed by atoms with Gasteiger partial charge in [0.2, 0.25) is 5.88 Å². The van der Waals surface area contributed by atoms with E-state index in [1.165, 1.54) is 0 Å². The van der Waals surface area contributed by atoms with Crippen molar-refractivity contribution in [2.24, 2.45) is 0 Å². The van der Waals surface area contributed by atoms with E-state index in [2.05, 4.69) is 30.1 Å². The summed E-state index contributed by atoms with van der Waals surface area (Å²) in [5.74, 6) is 1.98. The number of nitrogens with zero attached hydrogens (tertiary/aromatic N) is 8. The summed E-state index contributed by atoms with van der Waals surface area (Å²) in [6.45, 7) is 4.98. The first-order valence-electron chi connectivity index (χ1n) is 17.9. The Kier molecular flexibility index (Phi) is 7.44. The van der Waals surface area contributed by atoms with E-state index >= 15 is 0 Å². The Labute approximate surface area is 290 Å². The number of benzene rings is 1. The lowest BCUT2D eigenvalue weighted by molar-refractivity contribution is 0.0629. The molecule has 1 aromatic carbocycles. The van der Waals surface area contributed by atoms with Crippen LogP contribution >= 0.6 is 0 Å². The van der Waals surface area contributed by atoms with Crippen molar-refractivity contribution in [3.63, 3.8) is 0 Å². The molecule has 5 aliphatic rings. The molecule has 4 aromatic rings. The second-order valence-electron chi connectivity index (χ2n) is 14.6. The molecule has 2 fully saturated rings. The second kappa shape index (κ2) is 11.9. The number of nitrogens with two attached hydrogens (primary N) is 1. The van der Waals surface area contributed by atoms with Crippen molar-refractivity contribution in [3.8, 4) is 29.3 Å². The molecule has 13 heteroatoms. The maximum Gasteiger partial charge on any atom is 0.274 e. The van der Waals surface area contributed by atoms with Crippen LogP contribution in [0.1, 0.15) is 89.5 Å². The molecule has 1 amide bonds. The Morgan fingerprint density at radius 2 is 2.00 bits per heavy atom. The van der Waals surface area contributed by atoms with Crippen LogP contribution < -0.4 is 10.5 Å². The summed E-state index contributed by atoms with van der Waals surface area (Å²) in [7, 11) is 2.13. The number of aromatic nitrogens is 5. The van der Waals surface area contributed by atoms with Gasteiger partial charge in [-0.1, -0.05) is 11.2 Å². The number of likely N-dealkylation sites (tertiary alicyclic amines) is 1. The van der Waals surface area contributed by atoms with Crippen LogP contribution in [-0.2, 0) is 29.4 Å². The molecule has 13 nitrogen and oxygen atoms in total. The third-order valence-corrected chi connectivity index (χ3v) is 11.8. The zero-order valence-corrected chi connectivity index (χ0v) is 28.5. The van der Waals surface area contributed by atoms with Gasteiger partial charge in [0.1, 0.15) is 12.2 Å². The van der Waals surface area contributed by atoms with Crippen molar-refractivity contribution in [2.45, 2.75) is 88.3 Å². The number of carbonyl (C=O) groups excluding carboxylic acids is 1. The van der Waals surface area contributed by atoms with Gasteiger partial charge in [0.05, 0.1) is 23.6 Å². The zero-order chi connectivity index (χ0) is 34.1. The number of amides is 1. The fraction of sp³-hybridized carbons (Fsp3) is 0.514. The number of carbonyl (C=O) groups is 1. The fourth-order valence-corrected chi connectivity index (χ4v) is 9.24. The second-order valence-corrected chi connectivity index (χ2v) is 14.6. The van der Waals surface area contributed by atoms with Gasteiger partial charge >= 0.3 is 0 Å². The summed E-state index contributed by atoms with van der Waals surface area (Å²) < 4.78 is 20.1. The Morgan fingerprint density at radius 3 is 2.80 bits per heavy atom. The Bertz CT molecular complexity index is 2040. The molecular formula is C37H41N9O4. The van der Waals surface area contributed by atoms with E-state index in [9.17, 15) is 10.1 Å². The van der Waals surface area contributed by atoms with E-state index in [-0.39, 0.29) is 24.1 Å². The van der Waals surface area contributed by atoms with Crippen LogP contribution in [0.5, 0.6) is 5.88 Å². The van der Waals surface area contributed by atoms with Gasteiger partial charge in [0, 0.05) is 48.3 Å². The standard InChI is InChI=1S/C37H41N9O4/c1-21(28-6-4-14-44(28)2)49-30-17-29(46-19-23-10-15-45(24-11-16-48-20-24)36(47)32(23)42-46)40-35(41-30)33-25-5-3-12-37(34(25)50-43-33)13-9-22-7-8-27(39)26(18-38)31(22)37/h7-8,17,19,21,24,28H,3-6,9-16,20,39H2,1-2H3. The molecule has 9 rings (SSSR count). The number of nitriles is 1. The number of rotatable bonds is 6. The predicted octanol–water partition coefficient (Wildman–Crippen LogP) is 3.99. The highest BCUT2D eigenvalue weighted by Gasteiger charge is 2.49. The third-order valence-electron chi connectivity index (χ3n) is 11.8. The number of hydrogen-bond acceptors (Lipinski definition) is 11. The van der Waals surface area contributed by atoms with E-state index in [0.29, 0.717) is 66.3 Å². The number of anilines is 1. The average molecular weight is 676 g/mol. The number of aryl methyl sites for hydroxylation is 1. The molecule has 4 unspecified atom stereocenters. The number of hydrogen-bond donors (Lipinski definition) is 1. The molecule has 1 spiro atoms. The number of fused-ring (bicyclic) bond motifs is 5. The molecule has 258 valence electrons. The molecule has 2 aliphatic carbocycles. The summed E-state index contributed by atoms with van der Waals surface area (Å²) in [5.41, 5.74) is 11.8. The van der Waals surface area contributed by atoms with Gasteiger partial charge in [0.15, 0.2) is 28.8 Å². The molecule has 0 saturated carbocycles. The Morgan fingerprint density at radius 1 is 1.10 bits per heavy atom. The van der Waals surface area contributed by atoms with Crippen molar-refractivity contribution >= 4 is 11.6 Å². The summed E-state index contributed by atoms with van der Waals surface area (Å²) in [5, 5.41) is 19.6. The normalized spacial score (nSPS) is 25.1. The van der Waals surface area contributed by atoms with E-state index in [1.807, 2.05) is 23.2 Å². The molecular weight excluding hydrogens is 634 g/mol. The minimum absolute atomic E-state index is 0.0748. The van der Waals surface area contributed by atoms with Gasteiger partial charge < -0.3 is 24.6 Å². The molecule has 0 bridgehead atoms. The topological polar surface area (TPSA) is 161 Å². The highest BCUT2D eigenvalue weighted by atomic mass is 16.5. The first-order chi connectivity index (χ1) is 24.3. The van der Waals surface area contributed by atoms with Crippen LogP contribution in [0, 0.1) is 11.3 Å². The minimum Gasteiger partial charge on any atom is -0.473 e. The van der Waals surface area contributed by atoms with Crippen LogP contribution in [-0.4, -0.2) is 92.2 Å². The molecule has 2 saturated heterocycles. The van der Waals surface area contributed by atoms with Gasteiger partial charge in [-0.2, -0.15) is 15.3 Å². The summed E-state index contributed by atoms with van der Waals surface area (Å²) in [6.07, 6.45) is 9.65. The van der Waals surface area contributed by atoms with Crippen molar-refractivity contribution in [2.75, 3.05) is 39.1 Å². The first-order valence-corrected chi connectivity index (χ1v) is 17.9. The molecule has 2 N–H and O–H groups in total. The van der Waals surface area contributed by atoms with Crippen molar-refractivity contribution in [1.29, 1.82) is 5.26 Å². The average Bonchev–Trinajstić information content (AvgIpc) is 3.96. The SMILES string of the molecule is CC(Oc1cc(-n2cc3c(n2)C(=O)N(C2CCOC2)CC3)nc(-c2noc3c2CCCC32CCc3ccc(N)c(C#N)c32)n1)C1CCCN1C. The molecule has 4 atom stereocenters. The summed E-state index contributed by atoms with van der Waals surface area (Å²) in [4.78, 5) is 27.8. The Hall–Kier alpha value is -4.80. The maximum absolute atomic E-state index is 13.6. The molecule has 3 aromatic heterocycles. The van der Waals surface area contributed by atoms with E-state index in [1.54, 1.807) is 10.7 Å². The predicted molar refractivity (Wildman–Crippen MR) is 182 cm³/mol. The lowest BCUT2D eigenvalue weighted by atomic mass is 9.68. The minimum atomic E-state index is -0.481. The first kappa shape index (κ1) is 31.2. The van der Waals surface area contributed by atoms with Crippen molar-refractivity contribution in [3.05, 3.63) is 63.7 Å². The summed E-state index contributed by atoms with van der Waals surface area (Å²) in [6, 6.07) is 8.39. The highest BCUT2D eigenvalue weighted by Crippen LogP contribution is 2.54. The van der Waals surface area contributed by atoms with Crippen LogP contribution in [0.4, 0.5) is 5.69 Å². The third kappa shape index (κ3) is 4.83. The van der Waals surface area contributed by atoms with Crippen molar-refractivity contribution in [1.82, 2.24) is 34.7 Å². The lowest BCUT2D eigenvalue weighted by Crippen LogP contribution is -2.45. The van der Waals surface area contributed by atoms with Crippen LogP contribution in [0.3, 0.4) is 0 Å². The highest BCUT2D eigenvalue weighted by molar-refractivity contribution is 5.95. The van der Waals surface area contributed by atoms with Gasteiger partial charge in [-0.15, -0.1) is 0 Å². The van der Waals surface area contributed by atoms with Gasteiger partial charge in [-0.05, 0) is 95.5 Å². The number of likely N-dealkylation sites (N-methyl/N-ethyl adjacent to an activating group) is 1. The van der Waals surface area contributed by atoms with Gasteiger partial charge in [-0.25, -0.2) is 9.67 Å². The lowest BCUT2D eigenvalue weighted by Gasteiger charge is -2.33. The van der Waals surface area contributed by atoms with E-state index in [4.69, 9.17) is 34.8 Å². The monoisotopic (exact) mass is 675 g/mol. The molecule has 50 heavy (non-hydrogen) atoms. The van der Waals surface area contributed by atoms with Crippen molar-refractivity contribution < 1.29 is 18.8 Å². The van der Waals surface area contributed by atoms with Crippen LogP contribution in [0.2, 0.25) is 0 Å². The smallest absolute Gasteiger partial charge is 0.274 e. The molecule has 6 heterocycles. The quantitative estimate of drug-likeness (QED) is 0.294. The van der Waals surface area contributed by atoms with Crippen LogP contribution in [0.15, 0.2) is 28.9 Å². The van der Waals surface area contributed by atoms with Gasteiger partial charge in [0.25, 0.3) is 5.91 Å².